The zero-order valence-corrected chi connectivity index (χ0v) is 6.72. The van der Waals surface area contributed by atoms with Gasteiger partial charge in [0.05, 0.1) is 6.10 Å². The largest absolute Gasteiger partial charge is 0.393 e. The minimum absolute atomic E-state index is 0.128. The molecule has 0 heterocycles. The van der Waals surface area contributed by atoms with Gasteiger partial charge >= 0.3 is 0 Å². The molecule has 0 saturated carbocycles. The first-order chi connectivity index (χ1) is 4.18. The van der Waals surface area contributed by atoms with E-state index in [1.165, 1.54) is 12.8 Å². The minimum atomic E-state index is -0.128. The fraction of sp³-hybridized carbons (Fsp3) is 1.00. The Hall–Kier alpha value is -0.0400. The Morgan fingerprint density at radius 2 is 1.89 bits per heavy atom. The van der Waals surface area contributed by atoms with Crippen LogP contribution in [-0.2, 0) is 0 Å². The van der Waals surface area contributed by atoms with E-state index in [0.717, 1.165) is 6.42 Å². The van der Waals surface area contributed by atoms with Crippen LogP contribution in [0.2, 0.25) is 0 Å². The van der Waals surface area contributed by atoms with Gasteiger partial charge in [-0.2, -0.15) is 0 Å². The molecule has 0 rings (SSSR count). The molecule has 0 amide bonds. The fourth-order valence-electron chi connectivity index (χ4n) is 0.767. The molecular formula is C8H18O. The minimum Gasteiger partial charge on any atom is -0.393 e. The number of aliphatic hydroxyl groups excluding tert-OH is 1. The highest BCUT2D eigenvalue weighted by Gasteiger charge is 2.06. The molecule has 1 N–H and O–H groups in total. The molecule has 0 fully saturated rings. The van der Waals surface area contributed by atoms with Crippen molar-refractivity contribution >= 4 is 0 Å². The van der Waals surface area contributed by atoms with Crippen molar-refractivity contribution in [1.29, 1.82) is 0 Å². The SMILES string of the molecule is CCCC[C@H](C)[C@H](C)O. The summed E-state index contributed by atoms with van der Waals surface area (Å²) in [7, 11) is 0. The van der Waals surface area contributed by atoms with Crippen LogP contribution in [0.3, 0.4) is 0 Å². The molecule has 0 aliphatic carbocycles. The van der Waals surface area contributed by atoms with Crippen molar-refractivity contribution < 1.29 is 5.11 Å². The van der Waals surface area contributed by atoms with E-state index < -0.39 is 0 Å². The summed E-state index contributed by atoms with van der Waals surface area (Å²) in [5.74, 6) is 0.477. The van der Waals surface area contributed by atoms with E-state index >= 15 is 0 Å². The lowest BCUT2D eigenvalue weighted by molar-refractivity contribution is 0.128. The highest BCUT2D eigenvalue weighted by atomic mass is 16.3. The molecular weight excluding hydrogens is 112 g/mol. The van der Waals surface area contributed by atoms with Gasteiger partial charge in [0, 0.05) is 0 Å². The second kappa shape index (κ2) is 4.80. The predicted molar refractivity (Wildman–Crippen MR) is 40.4 cm³/mol. The molecule has 0 spiro atoms. The lowest BCUT2D eigenvalue weighted by Crippen LogP contribution is -2.12. The lowest BCUT2D eigenvalue weighted by Gasteiger charge is -2.12. The van der Waals surface area contributed by atoms with Crippen molar-refractivity contribution in [2.75, 3.05) is 0 Å². The van der Waals surface area contributed by atoms with Crippen LogP contribution in [0.15, 0.2) is 0 Å². The van der Waals surface area contributed by atoms with E-state index in [4.69, 9.17) is 5.11 Å². The average Bonchev–Trinajstić information content (AvgIpc) is 1.82. The summed E-state index contributed by atoms with van der Waals surface area (Å²) in [6.45, 7) is 6.13. The molecule has 0 aromatic carbocycles. The average molecular weight is 130 g/mol. The van der Waals surface area contributed by atoms with Gasteiger partial charge < -0.3 is 5.11 Å². The summed E-state index contributed by atoms with van der Waals surface area (Å²) in [5, 5.41) is 9.05. The van der Waals surface area contributed by atoms with E-state index in [-0.39, 0.29) is 6.10 Å². The smallest absolute Gasteiger partial charge is 0.0537 e. The molecule has 56 valence electrons. The molecule has 0 radical (unpaired) electrons. The maximum Gasteiger partial charge on any atom is 0.0537 e. The van der Waals surface area contributed by atoms with Crippen molar-refractivity contribution in [2.24, 2.45) is 5.92 Å². The summed E-state index contributed by atoms with van der Waals surface area (Å²) < 4.78 is 0. The monoisotopic (exact) mass is 130 g/mol. The molecule has 0 aliphatic rings. The van der Waals surface area contributed by atoms with Crippen LogP contribution in [-0.4, -0.2) is 11.2 Å². The van der Waals surface area contributed by atoms with E-state index in [0.29, 0.717) is 5.92 Å². The highest BCUT2D eigenvalue weighted by Crippen LogP contribution is 2.10. The number of unbranched alkanes of at least 4 members (excludes halogenated alkanes) is 1. The molecule has 0 aromatic rings. The number of rotatable bonds is 4. The molecule has 2 atom stereocenters. The molecule has 9 heavy (non-hydrogen) atoms. The Bertz CT molecular complexity index is 59.6. The highest BCUT2D eigenvalue weighted by molar-refractivity contribution is 4.57. The van der Waals surface area contributed by atoms with Gasteiger partial charge in [0.2, 0.25) is 0 Å². The standard InChI is InChI=1S/C8H18O/c1-4-5-6-7(2)8(3)9/h7-9H,4-6H2,1-3H3/t7-,8-/m0/s1. The van der Waals surface area contributed by atoms with Crippen LogP contribution in [0.25, 0.3) is 0 Å². The van der Waals surface area contributed by atoms with Gasteiger partial charge in [0.15, 0.2) is 0 Å². The van der Waals surface area contributed by atoms with Gasteiger partial charge in [-0.1, -0.05) is 26.7 Å². The van der Waals surface area contributed by atoms with Crippen LogP contribution < -0.4 is 0 Å². The fourth-order valence-corrected chi connectivity index (χ4v) is 0.767. The van der Waals surface area contributed by atoms with Gasteiger partial charge in [-0.3, -0.25) is 0 Å². The van der Waals surface area contributed by atoms with Gasteiger partial charge in [-0.25, -0.2) is 0 Å². The molecule has 0 unspecified atom stereocenters. The van der Waals surface area contributed by atoms with Crippen LogP contribution in [0, 0.1) is 5.92 Å². The Kier molecular flexibility index (Phi) is 4.78. The molecule has 0 aliphatic heterocycles. The molecule has 0 saturated heterocycles. The van der Waals surface area contributed by atoms with Crippen molar-refractivity contribution in [1.82, 2.24) is 0 Å². The maximum atomic E-state index is 9.05. The first kappa shape index (κ1) is 8.96. The Morgan fingerprint density at radius 3 is 2.22 bits per heavy atom. The quantitative estimate of drug-likeness (QED) is 0.618. The molecule has 0 aromatic heterocycles. The number of hydrogen-bond acceptors (Lipinski definition) is 1. The zero-order chi connectivity index (χ0) is 7.28. The third-order valence-electron chi connectivity index (χ3n) is 1.84. The normalized spacial score (nSPS) is 17.3. The molecule has 1 nitrogen and oxygen atoms in total. The first-order valence-electron chi connectivity index (χ1n) is 3.86. The van der Waals surface area contributed by atoms with E-state index in [9.17, 15) is 0 Å². The number of hydrogen-bond donors (Lipinski definition) is 1. The number of aliphatic hydroxyl groups is 1. The topological polar surface area (TPSA) is 20.2 Å². The van der Waals surface area contributed by atoms with E-state index in [1.807, 2.05) is 6.92 Å². The predicted octanol–water partition coefficient (Wildman–Crippen LogP) is 2.19. The van der Waals surface area contributed by atoms with Crippen molar-refractivity contribution in [3.63, 3.8) is 0 Å². The lowest BCUT2D eigenvalue weighted by atomic mass is 10.00. The maximum absolute atomic E-state index is 9.05. The van der Waals surface area contributed by atoms with Crippen LogP contribution >= 0.6 is 0 Å². The van der Waals surface area contributed by atoms with Crippen molar-refractivity contribution in [2.45, 2.75) is 46.1 Å². The third-order valence-corrected chi connectivity index (χ3v) is 1.84. The second-order valence-electron chi connectivity index (χ2n) is 2.86. The van der Waals surface area contributed by atoms with E-state index in [2.05, 4.69) is 13.8 Å². The Balaban J connectivity index is 3.16. The summed E-state index contributed by atoms with van der Waals surface area (Å²) >= 11 is 0. The van der Waals surface area contributed by atoms with Crippen LogP contribution in [0.1, 0.15) is 40.0 Å². The molecule has 0 bridgehead atoms. The van der Waals surface area contributed by atoms with Gasteiger partial charge in [-0.05, 0) is 19.3 Å². The van der Waals surface area contributed by atoms with Gasteiger partial charge in [0.25, 0.3) is 0 Å². The summed E-state index contributed by atoms with van der Waals surface area (Å²) in [6.07, 6.45) is 3.51. The Morgan fingerprint density at radius 1 is 1.33 bits per heavy atom. The summed E-state index contributed by atoms with van der Waals surface area (Å²) in [6, 6.07) is 0. The summed E-state index contributed by atoms with van der Waals surface area (Å²) in [4.78, 5) is 0. The second-order valence-corrected chi connectivity index (χ2v) is 2.86. The molecule has 1 heteroatoms. The van der Waals surface area contributed by atoms with Gasteiger partial charge in [0.1, 0.15) is 0 Å². The van der Waals surface area contributed by atoms with Crippen molar-refractivity contribution in [3.05, 3.63) is 0 Å². The zero-order valence-electron chi connectivity index (χ0n) is 6.72. The third kappa shape index (κ3) is 4.46. The van der Waals surface area contributed by atoms with Crippen LogP contribution in [0.4, 0.5) is 0 Å². The first-order valence-corrected chi connectivity index (χ1v) is 3.86. The van der Waals surface area contributed by atoms with Gasteiger partial charge in [-0.15, -0.1) is 0 Å². The van der Waals surface area contributed by atoms with Crippen molar-refractivity contribution in [3.8, 4) is 0 Å². The Labute approximate surface area is 58.1 Å². The van der Waals surface area contributed by atoms with E-state index in [1.54, 1.807) is 0 Å². The summed E-state index contributed by atoms with van der Waals surface area (Å²) in [5.41, 5.74) is 0. The van der Waals surface area contributed by atoms with Crippen LogP contribution in [0.5, 0.6) is 0 Å².